The average molecular weight is 774 g/mol. The normalized spacial score (nSPS) is 30.0. The van der Waals surface area contributed by atoms with E-state index in [1.165, 1.54) is 0 Å². The molecule has 0 bridgehead atoms. The SMILES string of the molecule is [2H]CC(=O)OC[C@H]1OC(OCCNCCOC2O[C@H](COC(=O)C[2H])[C@@H](OC(=O)C[2H])[C@H](OC(=O)C[2H])[C@@H]2OC(=O)C[2H])[C@@H](OC(=O)C[2H])[C@@H](OC(=O)C[2H])[C@@H]1OC(=O)C[2H]. The van der Waals surface area contributed by atoms with Gasteiger partial charge in [0.1, 0.15) is 25.4 Å². The maximum absolute atomic E-state index is 12.3. The van der Waals surface area contributed by atoms with Gasteiger partial charge >= 0.3 is 47.8 Å². The number of ether oxygens (including phenoxy) is 12. The number of nitrogens with one attached hydrogen (secondary N) is 1. The molecule has 53 heavy (non-hydrogen) atoms. The highest BCUT2D eigenvalue weighted by Crippen LogP contribution is 2.31. The maximum Gasteiger partial charge on any atom is 0.303 e. The molecule has 0 aromatic carbocycles. The lowest BCUT2D eigenvalue weighted by molar-refractivity contribution is -0.308. The number of hydrogen-bond acceptors (Lipinski definition) is 21. The molecular weight excluding hydrogens is 718 g/mol. The Morgan fingerprint density at radius 3 is 1.08 bits per heavy atom. The second-order valence-electron chi connectivity index (χ2n) is 10.7. The van der Waals surface area contributed by atoms with Gasteiger partial charge in [-0.25, -0.2) is 0 Å². The van der Waals surface area contributed by atoms with E-state index in [4.69, 9.17) is 67.8 Å². The van der Waals surface area contributed by atoms with Crippen LogP contribution in [-0.4, -0.2) is 149 Å². The zero-order valence-electron chi connectivity index (χ0n) is 36.3. The highest BCUT2D eigenvalue weighted by molar-refractivity contribution is 5.70. The third-order valence-electron chi connectivity index (χ3n) is 6.73. The van der Waals surface area contributed by atoms with E-state index in [0.29, 0.717) is 0 Å². The molecule has 2 aliphatic rings. The Morgan fingerprint density at radius 1 is 0.453 bits per heavy atom. The molecule has 2 unspecified atom stereocenters. The summed E-state index contributed by atoms with van der Waals surface area (Å²) < 4.78 is 123. The van der Waals surface area contributed by atoms with Crippen LogP contribution in [0.15, 0.2) is 0 Å². The van der Waals surface area contributed by atoms with Crippen molar-refractivity contribution < 1.29 is 106 Å². The van der Waals surface area contributed by atoms with Gasteiger partial charge in [0.05, 0.1) is 13.2 Å². The molecule has 2 aliphatic heterocycles. The van der Waals surface area contributed by atoms with Crippen LogP contribution in [-0.2, 0) is 95.2 Å². The molecule has 2 rings (SSSR count). The van der Waals surface area contributed by atoms with Gasteiger partial charge in [0.2, 0.25) is 0 Å². The summed E-state index contributed by atoms with van der Waals surface area (Å²) in [7, 11) is 0. The fourth-order valence-electron chi connectivity index (χ4n) is 4.98. The Bertz CT molecular complexity index is 1370. The molecule has 0 saturated carbocycles. The highest BCUT2D eigenvalue weighted by Gasteiger charge is 2.54. The Morgan fingerprint density at radius 2 is 0.755 bits per heavy atom. The molecule has 0 aromatic heterocycles. The van der Waals surface area contributed by atoms with Crippen molar-refractivity contribution in [1.82, 2.24) is 5.32 Å². The van der Waals surface area contributed by atoms with Crippen molar-refractivity contribution >= 4 is 47.8 Å². The van der Waals surface area contributed by atoms with Crippen molar-refractivity contribution in [2.75, 3.05) is 39.5 Å². The molecule has 2 saturated heterocycles. The lowest BCUT2D eigenvalue weighted by Crippen LogP contribution is -2.63. The fraction of sp³-hybridized carbons (Fsp3) is 0.750. The lowest BCUT2D eigenvalue weighted by atomic mass is 9.98. The smallest absolute Gasteiger partial charge is 0.303 e. The number of esters is 8. The van der Waals surface area contributed by atoms with Crippen molar-refractivity contribution in [3.05, 3.63) is 0 Å². The van der Waals surface area contributed by atoms with Gasteiger partial charge in [0.25, 0.3) is 0 Å². The molecule has 300 valence electrons. The van der Waals surface area contributed by atoms with Gasteiger partial charge in [-0.1, -0.05) is 0 Å². The maximum atomic E-state index is 12.3. The number of carbonyl (C=O) groups is 8. The van der Waals surface area contributed by atoms with Crippen molar-refractivity contribution in [3.63, 3.8) is 0 Å². The van der Waals surface area contributed by atoms with Crippen molar-refractivity contribution in [2.45, 2.75) is 117 Å². The Hall–Kier alpha value is -4.44. The van der Waals surface area contributed by atoms with E-state index in [1.54, 1.807) is 0 Å². The first-order valence-electron chi connectivity index (χ1n) is 20.9. The minimum atomic E-state index is -1.77. The van der Waals surface area contributed by atoms with Gasteiger partial charge in [0, 0.05) is 79.3 Å². The molecule has 21 heteroatoms. The fourth-order valence-corrected chi connectivity index (χ4v) is 4.98. The molecule has 0 radical (unpaired) electrons. The first-order chi connectivity index (χ1) is 29.2. The zero-order valence-corrected chi connectivity index (χ0v) is 28.3. The third-order valence-corrected chi connectivity index (χ3v) is 6.73. The van der Waals surface area contributed by atoms with Gasteiger partial charge in [-0.15, -0.1) is 0 Å². The summed E-state index contributed by atoms with van der Waals surface area (Å²) in [6, 6.07) is 0. The van der Waals surface area contributed by atoms with Crippen LogP contribution in [0, 0.1) is 0 Å². The first-order valence-corrected chi connectivity index (χ1v) is 15.3. The number of rotatable bonds is 18. The quantitative estimate of drug-likeness (QED) is 0.0972. The second-order valence-corrected chi connectivity index (χ2v) is 10.7. The number of hydrogen-bond donors (Lipinski definition) is 1. The summed E-state index contributed by atoms with van der Waals surface area (Å²) >= 11 is 0. The lowest BCUT2D eigenvalue weighted by Gasteiger charge is -2.44. The molecule has 0 spiro atoms. The molecule has 2 fully saturated rings. The van der Waals surface area contributed by atoms with Crippen LogP contribution in [0.4, 0.5) is 0 Å². The van der Waals surface area contributed by atoms with Crippen molar-refractivity contribution in [1.29, 1.82) is 0 Å². The van der Waals surface area contributed by atoms with Gasteiger partial charge < -0.3 is 62.2 Å². The van der Waals surface area contributed by atoms with E-state index < -0.39 is 178 Å². The van der Waals surface area contributed by atoms with E-state index in [-0.39, 0.29) is 26.3 Å². The summed E-state index contributed by atoms with van der Waals surface area (Å²) in [5, 5.41) is 2.89. The van der Waals surface area contributed by atoms with Gasteiger partial charge in [-0.3, -0.25) is 38.4 Å². The largest absolute Gasteiger partial charge is 0.463 e. The Balaban J connectivity index is 2.27. The van der Waals surface area contributed by atoms with Gasteiger partial charge in [0.15, 0.2) is 49.2 Å². The van der Waals surface area contributed by atoms with Gasteiger partial charge in [-0.05, 0) is 0 Å². The molecule has 0 amide bonds. The third kappa shape index (κ3) is 15.6. The minimum absolute atomic E-state index is 0.0708. The monoisotopic (exact) mass is 773 g/mol. The van der Waals surface area contributed by atoms with Crippen molar-refractivity contribution in [3.8, 4) is 0 Å². The van der Waals surface area contributed by atoms with Crippen LogP contribution >= 0.6 is 0 Å². The molecule has 1 N–H and O–H groups in total. The molecule has 2 heterocycles. The van der Waals surface area contributed by atoms with Crippen molar-refractivity contribution in [2.24, 2.45) is 0 Å². The summed E-state index contributed by atoms with van der Waals surface area (Å²) in [5.41, 5.74) is 0. The summed E-state index contributed by atoms with van der Waals surface area (Å²) in [5.74, 6) is -9.07. The van der Waals surface area contributed by atoms with Crippen LogP contribution in [0.25, 0.3) is 0 Å². The standard InChI is InChI=1S/C32H47NO20/c1-15(34)44-13-23-25(46-17(3)36)27(48-19(5)38)29(50-21(7)40)31(52-23)42-11-9-33-10-12-43-32-30(51-22(8)41)28(49-20(6)39)26(47-18(4)37)24(53-32)14-45-16(2)35/h23-33H,9-14H2,1-8H3/t23-,24-,25-,26-,27+,28+,29+,30+,31?,32?/m1/s1/i1D,2D,3D,4D,5D,6D,7D,8D. The van der Waals surface area contributed by atoms with E-state index in [0.717, 1.165) is 0 Å². The van der Waals surface area contributed by atoms with Crippen LogP contribution < -0.4 is 5.32 Å². The second kappa shape index (κ2) is 21.9. The van der Waals surface area contributed by atoms with Gasteiger partial charge in [-0.2, -0.15) is 0 Å². The molecule has 0 aromatic rings. The van der Waals surface area contributed by atoms with Crippen LogP contribution in [0.5, 0.6) is 0 Å². The van der Waals surface area contributed by atoms with E-state index in [1.807, 2.05) is 0 Å². The zero-order chi connectivity index (χ0) is 45.5. The minimum Gasteiger partial charge on any atom is -0.463 e. The predicted molar refractivity (Wildman–Crippen MR) is 169 cm³/mol. The Labute approximate surface area is 315 Å². The summed E-state index contributed by atoms with van der Waals surface area (Å²) in [6.45, 7) is -9.38. The first kappa shape index (κ1) is 33.2. The van der Waals surface area contributed by atoms with E-state index in [2.05, 4.69) is 5.32 Å². The summed E-state index contributed by atoms with van der Waals surface area (Å²) in [6.07, 6.45) is -16.8. The summed E-state index contributed by atoms with van der Waals surface area (Å²) in [4.78, 5) is 97.2. The molecule has 10 atom stereocenters. The predicted octanol–water partition coefficient (Wildman–Crippen LogP) is -1.22. The van der Waals surface area contributed by atoms with Crippen LogP contribution in [0.2, 0.25) is 0 Å². The van der Waals surface area contributed by atoms with E-state index in [9.17, 15) is 38.4 Å². The highest BCUT2D eigenvalue weighted by atomic mass is 16.7. The van der Waals surface area contributed by atoms with Crippen LogP contribution in [0.3, 0.4) is 0 Å². The average Bonchev–Trinajstić information content (AvgIpc) is 3.26. The van der Waals surface area contributed by atoms with E-state index >= 15 is 0 Å². The number of carbonyl (C=O) groups excluding carboxylic acids is 8. The molecule has 21 nitrogen and oxygen atoms in total. The topological polar surface area (TPSA) is 259 Å². The molecule has 0 aliphatic carbocycles. The Kier molecular flexibility index (Phi) is 13.7. The molecular formula is C32H47NO20. The van der Waals surface area contributed by atoms with Crippen LogP contribution in [0.1, 0.15) is 66.2 Å².